The molecule has 2 atom stereocenters. The smallest absolute Gasteiger partial charge is 0.357 e. The van der Waals surface area contributed by atoms with Crippen molar-refractivity contribution < 1.29 is 27.9 Å². The molecule has 0 saturated carbocycles. The maximum Gasteiger partial charge on any atom is 0.357 e. The van der Waals surface area contributed by atoms with Gasteiger partial charge in [0.25, 0.3) is 0 Å². The Labute approximate surface area is 156 Å². The summed E-state index contributed by atoms with van der Waals surface area (Å²) in [6.45, 7) is 2.00. The predicted molar refractivity (Wildman–Crippen MR) is 96.7 cm³/mol. The van der Waals surface area contributed by atoms with Crippen LogP contribution in [0.5, 0.6) is 0 Å². The van der Waals surface area contributed by atoms with Gasteiger partial charge in [-0.25, -0.2) is 18.2 Å². The number of sulfonamides is 1. The summed E-state index contributed by atoms with van der Waals surface area (Å²) in [5.41, 5.74) is 0.0301. The van der Waals surface area contributed by atoms with Crippen LogP contribution < -0.4 is 0 Å². The summed E-state index contributed by atoms with van der Waals surface area (Å²) in [6.07, 6.45) is 1.79. The molecule has 0 amide bonds. The molecule has 144 valence electrons. The molecule has 2 unspecified atom stereocenters. The van der Waals surface area contributed by atoms with E-state index < -0.39 is 27.9 Å². The van der Waals surface area contributed by atoms with Gasteiger partial charge >= 0.3 is 11.9 Å². The standard InChI is InChI=1S/C18H20N2O6S/c1-11-8-12(17(21)22)10-20(9-11)27(24,25)15-5-3-4-14-13(15)6-7-19-16(14)18(23)26-2/h3-7,11-12H,8-10H2,1-2H3,(H,21,22). The molecule has 9 heteroatoms. The summed E-state index contributed by atoms with van der Waals surface area (Å²) in [5, 5.41) is 10.0. The molecule has 2 heterocycles. The molecule has 1 aliphatic rings. The number of pyridine rings is 1. The fraction of sp³-hybridized carbons (Fsp3) is 0.389. The maximum absolute atomic E-state index is 13.3. The number of hydrogen-bond donors (Lipinski definition) is 1. The third kappa shape index (κ3) is 3.52. The summed E-state index contributed by atoms with van der Waals surface area (Å²) in [4.78, 5) is 27.4. The minimum atomic E-state index is -3.95. The van der Waals surface area contributed by atoms with Gasteiger partial charge in [-0.2, -0.15) is 4.31 Å². The third-order valence-corrected chi connectivity index (χ3v) is 6.63. The first-order valence-corrected chi connectivity index (χ1v) is 9.88. The molecule has 1 aromatic carbocycles. The number of carbonyl (C=O) groups excluding carboxylic acids is 1. The van der Waals surface area contributed by atoms with E-state index in [0.717, 1.165) is 0 Å². The largest absolute Gasteiger partial charge is 0.481 e. The molecule has 0 spiro atoms. The van der Waals surface area contributed by atoms with Crippen LogP contribution in [0.3, 0.4) is 0 Å². The number of fused-ring (bicyclic) bond motifs is 1. The lowest BCUT2D eigenvalue weighted by Crippen LogP contribution is -2.45. The highest BCUT2D eigenvalue weighted by molar-refractivity contribution is 7.89. The number of hydrogen-bond acceptors (Lipinski definition) is 6. The molecule has 1 aromatic heterocycles. The van der Waals surface area contributed by atoms with Crippen molar-refractivity contribution in [3.8, 4) is 0 Å². The Bertz CT molecular complexity index is 1000. The molecule has 1 fully saturated rings. The molecule has 3 rings (SSSR count). The van der Waals surface area contributed by atoms with Gasteiger partial charge in [0.1, 0.15) is 0 Å². The van der Waals surface area contributed by atoms with Crippen LogP contribution in [0.15, 0.2) is 35.4 Å². The molecule has 1 aliphatic heterocycles. The van der Waals surface area contributed by atoms with E-state index in [1.165, 1.54) is 35.8 Å². The highest BCUT2D eigenvalue weighted by atomic mass is 32.2. The van der Waals surface area contributed by atoms with Gasteiger partial charge in [0.15, 0.2) is 5.69 Å². The minimum absolute atomic E-state index is 0.0193. The van der Waals surface area contributed by atoms with Gasteiger partial charge in [-0.15, -0.1) is 0 Å². The van der Waals surface area contributed by atoms with Gasteiger partial charge in [-0.3, -0.25) is 4.79 Å². The monoisotopic (exact) mass is 392 g/mol. The highest BCUT2D eigenvalue weighted by Gasteiger charge is 2.37. The Hall–Kier alpha value is -2.52. The van der Waals surface area contributed by atoms with Gasteiger partial charge in [-0.05, 0) is 24.5 Å². The summed E-state index contributed by atoms with van der Waals surface area (Å²) in [6, 6.07) is 6.11. The number of piperidine rings is 1. The van der Waals surface area contributed by atoms with E-state index in [2.05, 4.69) is 4.98 Å². The van der Waals surface area contributed by atoms with Gasteiger partial charge < -0.3 is 9.84 Å². The first-order valence-electron chi connectivity index (χ1n) is 8.44. The number of methoxy groups -OCH3 is 1. The molecular weight excluding hydrogens is 372 g/mol. The van der Waals surface area contributed by atoms with Gasteiger partial charge in [0, 0.05) is 30.1 Å². The number of aromatic nitrogens is 1. The quantitative estimate of drug-likeness (QED) is 0.789. The van der Waals surface area contributed by atoms with Crippen molar-refractivity contribution in [1.29, 1.82) is 0 Å². The lowest BCUT2D eigenvalue weighted by atomic mass is 9.92. The lowest BCUT2D eigenvalue weighted by molar-refractivity contribution is -0.143. The SMILES string of the molecule is COC(=O)c1nccc2c(S(=O)(=O)N3CC(C)CC(C(=O)O)C3)cccc12. The number of nitrogens with zero attached hydrogens (tertiary/aromatic N) is 2. The summed E-state index contributed by atoms with van der Waals surface area (Å²) in [7, 11) is -2.72. The molecule has 0 bridgehead atoms. The number of benzene rings is 1. The summed E-state index contributed by atoms with van der Waals surface area (Å²) >= 11 is 0. The normalized spacial score (nSPS) is 21.1. The summed E-state index contributed by atoms with van der Waals surface area (Å²) in [5.74, 6) is -2.48. The minimum Gasteiger partial charge on any atom is -0.481 e. The molecule has 1 saturated heterocycles. The number of esters is 1. The number of ether oxygens (including phenoxy) is 1. The highest BCUT2D eigenvalue weighted by Crippen LogP contribution is 2.31. The molecule has 2 aromatic rings. The van der Waals surface area contributed by atoms with E-state index in [9.17, 15) is 23.1 Å². The second-order valence-electron chi connectivity index (χ2n) is 6.70. The van der Waals surface area contributed by atoms with Crippen molar-refractivity contribution in [1.82, 2.24) is 9.29 Å². The van der Waals surface area contributed by atoms with E-state index in [1.54, 1.807) is 6.07 Å². The number of aliphatic carboxylic acids is 1. The van der Waals surface area contributed by atoms with Crippen LogP contribution in [0.1, 0.15) is 23.8 Å². The van der Waals surface area contributed by atoms with Crippen LogP contribution >= 0.6 is 0 Å². The Morgan fingerprint density at radius 1 is 1.22 bits per heavy atom. The van der Waals surface area contributed by atoms with Crippen LogP contribution in [0.25, 0.3) is 10.8 Å². The van der Waals surface area contributed by atoms with E-state index in [-0.39, 0.29) is 29.6 Å². The average molecular weight is 392 g/mol. The number of carbonyl (C=O) groups is 2. The van der Waals surface area contributed by atoms with Crippen LogP contribution in [-0.2, 0) is 19.6 Å². The first kappa shape index (κ1) is 19.2. The zero-order valence-electron chi connectivity index (χ0n) is 15.0. The molecule has 27 heavy (non-hydrogen) atoms. The molecule has 0 radical (unpaired) electrons. The van der Waals surface area contributed by atoms with Gasteiger partial charge in [-0.1, -0.05) is 19.1 Å². The Kier molecular flexibility index (Phi) is 5.16. The number of carboxylic acids is 1. The van der Waals surface area contributed by atoms with E-state index >= 15 is 0 Å². The zero-order valence-corrected chi connectivity index (χ0v) is 15.8. The Morgan fingerprint density at radius 2 is 1.96 bits per heavy atom. The van der Waals surface area contributed by atoms with Crippen molar-refractivity contribution >= 4 is 32.7 Å². The van der Waals surface area contributed by atoms with Crippen molar-refractivity contribution in [3.63, 3.8) is 0 Å². The van der Waals surface area contributed by atoms with E-state index in [4.69, 9.17) is 4.74 Å². The van der Waals surface area contributed by atoms with Crippen molar-refractivity contribution in [3.05, 3.63) is 36.2 Å². The van der Waals surface area contributed by atoms with Crippen molar-refractivity contribution in [2.45, 2.75) is 18.2 Å². The lowest BCUT2D eigenvalue weighted by Gasteiger charge is -2.34. The van der Waals surface area contributed by atoms with Crippen LogP contribution in [-0.4, -0.2) is 55.0 Å². The first-order chi connectivity index (χ1) is 12.8. The average Bonchev–Trinajstić information content (AvgIpc) is 2.65. The Balaban J connectivity index is 2.11. The third-order valence-electron chi connectivity index (χ3n) is 4.74. The predicted octanol–water partition coefficient (Wildman–Crippen LogP) is 1.75. The van der Waals surface area contributed by atoms with Crippen LogP contribution in [0.2, 0.25) is 0 Å². The van der Waals surface area contributed by atoms with E-state index in [0.29, 0.717) is 17.2 Å². The number of rotatable bonds is 4. The van der Waals surface area contributed by atoms with Crippen LogP contribution in [0.4, 0.5) is 0 Å². The number of carboxylic acid groups (broad SMARTS) is 1. The molecule has 0 aliphatic carbocycles. The summed E-state index contributed by atoms with van der Waals surface area (Å²) < 4.78 is 32.5. The molecule has 8 nitrogen and oxygen atoms in total. The van der Waals surface area contributed by atoms with Gasteiger partial charge in [0.2, 0.25) is 10.0 Å². The van der Waals surface area contributed by atoms with E-state index in [1.807, 2.05) is 6.92 Å². The molecule has 1 N–H and O–H groups in total. The zero-order chi connectivity index (χ0) is 19.8. The second-order valence-corrected chi connectivity index (χ2v) is 8.61. The second kappa shape index (κ2) is 7.24. The fourth-order valence-corrected chi connectivity index (χ4v) is 5.29. The Morgan fingerprint density at radius 3 is 2.63 bits per heavy atom. The molecular formula is C18H20N2O6S. The van der Waals surface area contributed by atoms with Crippen molar-refractivity contribution in [2.75, 3.05) is 20.2 Å². The van der Waals surface area contributed by atoms with Crippen molar-refractivity contribution in [2.24, 2.45) is 11.8 Å². The van der Waals surface area contributed by atoms with Gasteiger partial charge in [0.05, 0.1) is 17.9 Å². The maximum atomic E-state index is 13.3. The topological polar surface area (TPSA) is 114 Å². The van der Waals surface area contributed by atoms with Crippen LogP contribution in [0, 0.1) is 11.8 Å². The fourth-order valence-electron chi connectivity index (χ4n) is 3.48.